The summed E-state index contributed by atoms with van der Waals surface area (Å²) >= 11 is 5.89. The topological polar surface area (TPSA) is 78.9 Å². The zero-order valence-corrected chi connectivity index (χ0v) is 15.6. The average Bonchev–Trinajstić information content (AvgIpc) is 2.98. The van der Waals surface area contributed by atoms with E-state index in [2.05, 4.69) is 5.32 Å². The van der Waals surface area contributed by atoms with Crippen molar-refractivity contribution in [3.05, 3.63) is 76.1 Å². The Bertz CT molecular complexity index is 915. The number of nitrogens with one attached hydrogen (secondary N) is 1. The Balaban J connectivity index is 1.62. The van der Waals surface area contributed by atoms with Crippen LogP contribution in [0.1, 0.15) is 21.5 Å². The zero-order chi connectivity index (χ0) is 20.1. The molecule has 0 atom stereocenters. The van der Waals surface area contributed by atoms with E-state index in [9.17, 15) is 14.0 Å². The summed E-state index contributed by atoms with van der Waals surface area (Å²) in [6.07, 6.45) is -0.920. The van der Waals surface area contributed by atoms with E-state index in [0.29, 0.717) is 35.8 Å². The van der Waals surface area contributed by atoms with Crippen molar-refractivity contribution in [1.82, 2.24) is 10.2 Å². The minimum atomic E-state index is -1.24. The van der Waals surface area contributed by atoms with E-state index in [1.807, 2.05) is 12.1 Å². The molecule has 6 nitrogen and oxygen atoms in total. The molecule has 0 saturated carbocycles. The lowest BCUT2D eigenvalue weighted by Gasteiger charge is -2.15. The van der Waals surface area contributed by atoms with E-state index in [1.54, 1.807) is 35.2 Å². The number of hydrogen-bond donors (Lipinski definition) is 2. The molecule has 8 heteroatoms. The molecular formula is C20H18ClFN2O4. The maximum absolute atomic E-state index is 12.8. The number of carboxylic acid groups (broad SMARTS) is 1. The van der Waals surface area contributed by atoms with Crippen molar-refractivity contribution in [2.75, 3.05) is 13.2 Å². The van der Waals surface area contributed by atoms with E-state index >= 15 is 0 Å². The van der Waals surface area contributed by atoms with Crippen LogP contribution in [0.25, 0.3) is 0 Å². The van der Waals surface area contributed by atoms with Crippen LogP contribution in [-0.4, -0.2) is 35.2 Å². The first-order chi connectivity index (χ1) is 13.5. The van der Waals surface area contributed by atoms with Gasteiger partial charge in [0.05, 0.1) is 6.33 Å². The first kappa shape index (κ1) is 19.7. The average molecular weight is 405 g/mol. The second-order valence-electron chi connectivity index (χ2n) is 6.32. The van der Waals surface area contributed by atoms with Gasteiger partial charge >= 0.3 is 6.09 Å². The molecule has 0 aromatic heterocycles. The van der Waals surface area contributed by atoms with Gasteiger partial charge in [0.25, 0.3) is 5.91 Å². The summed E-state index contributed by atoms with van der Waals surface area (Å²) in [7, 11) is 0. The fourth-order valence-electron chi connectivity index (χ4n) is 2.87. The third-order valence-electron chi connectivity index (χ3n) is 4.29. The predicted molar refractivity (Wildman–Crippen MR) is 102 cm³/mol. The maximum Gasteiger partial charge on any atom is 0.404 e. The Hall–Kier alpha value is -3.06. The molecule has 1 aliphatic rings. The highest BCUT2D eigenvalue weighted by molar-refractivity contribution is 6.30. The molecule has 28 heavy (non-hydrogen) atoms. The minimum absolute atomic E-state index is 0.0634. The predicted octanol–water partition coefficient (Wildman–Crippen LogP) is 4.00. The third-order valence-corrected chi connectivity index (χ3v) is 4.54. The van der Waals surface area contributed by atoms with Crippen LogP contribution in [0.5, 0.6) is 5.75 Å². The normalized spacial score (nSPS) is 13.4. The van der Waals surface area contributed by atoms with Crippen molar-refractivity contribution in [2.45, 2.75) is 13.1 Å². The highest BCUT2D eigenvalue weighted by Crippen LogP contribution is 2.28. The minimum Gasteiger partial charge on any atom is -0.489 e. The molecule has 2 aromatic rings. The maximum atomic E-state index is 12.8. The fourth-order valence-corrected chi connectivity index (χ4v) is 3.00. The molecule has 2 N–H and O–H groups in total. The smallest absolute Gasteiger partial charge is 0.404 e. The second kappa shape index (κ2) is 8.75. The van der Waals surface area contributed by atoms with Gasteiger partial charge in [0.2, 0.25) is 0 Å². The van der Waals surface area contributed by atoms with Gasteiger partial charge in [0, 0.05) is 35.8 Å². The molecule has 2 aromatic carbocycles. The molecule has 0 saturated heterocycles. The van der Waals surface area contributed by atoms with Gasteiger partial charge in [-0.3, -0.25) is 4.79 Å². The van der Waals surface area contributed by atoms with Gasteiger partial charge in [-0.2, -0.15) is 0 Å². The lowest BCUT2D eigenvalue weighted by Crippen LogP contribution is -2.25. The standard InChI is InChI=1S/C20H18ClFN2O4/c21-16-3-1-13(2-4-16)10-24-11-15-7-17(5-6-18(15)19(24)25)28-12-14(8-22)9-23-20(26)27/h1-8,23H,9-12H2,(H,26,27). The summed E-state index contributed by atoms with van der Waals surface area (Å²) in [6, 6.07) is 12.4. The van der Waals surface area contributed by atoms with Crippen LogP contribution in [0.15, 0.2) is 54.4 Å². The summed E-state index contributed by atoms with van der Waals surface area (Å²) in [6.45, 7) is 0.652. The molecule has 1 aliphatic heterocycles. The number of halogens is 2. The number of amides is 2. The van der Waals surface area contributed by atoms with Crippen LogP contribution < -0.4 is 10.1 Å². The molecule has 0 aliphatic carbocycles. The van der Waals surface area contributed by atoms with Gasteiger partial charge in [-0.05, 0) is 41.5 Å². The Labute approximate surface area is 166 Å². The SMILES string of the molecule is O=C(O)NCC(=CF)COc1ccc2c(c1)CN(Cc1ccc(Cl)cc1)C2=O. The number of hydrogen-bond acceptors (Lipinski definition) is 3. The number of nitrogens with zero attached hydrogens (tertiary/aromatic N) is 1. The van der Waals surface area contributed by atoms with Crippen LogP contribution >= 0.6 is 11.6 Å². The molecule has 0 bridgehead atoms. The van der Waals surface area contributed by atoms with Crippen molar-refractivity contribution in [3.63, 3.8) is 0 Å². The number of fused-ring (bicyclic) bond motifs is 1. The zero-order valence-electron chi connectivity index (χ0n) is 14.8. The summed E-state index contributed by atoms with van der Waals surface area (Å²) in [5, 5.41) is 11.3. The van der Waals surface area contributed by atoms with Crippen LogP contribution in [0.2, 0.25) is 5.02 Å². The van der Waals surface area contributed by atoms with Crippen molar-refractivity contribution in [3.8, 4) is 5.75 Å². The molecule has 0 spiro atoms. The Morgan fingerprint density at radius 1 is 1.29 bits per heavy atom. The van der Waals surface area contributed by atoms with E-state index in [-0.39, 0.29) is 24.6 Å². The van der Waals surface area contributed by atoms with Gasteiger partial charge in [-0.15, -0.1) is 0 Å². The molecule has 2 amide bonds. The Morgan fingerprint density at radius 2 is 2.04 bits per heavy atom. The number of benzene rings is 2. The lowest BCUT2D eigenvalue weighted by atomic mass is 10.1. The number of carbonyl (C=O) groups excluding carboxylic acids is 1. The van der Waals surface area contributed by atoms with Crippen molar-refractivity contribution in [2.24, 2.45) is 0 Å². The van der Waals surface area contributed by atoms with Crippen LogP contribution in [0.3, 0.4) is 0 Å². The van der Waals surface area contributed by atoms with E-state index < -0.39 is 6.09 Å². The number of carbonyl (C=O) groups is 2. The summed E-state index contributed by atoms with van der Waals surface area (Å²) in [5.74, 6) is 0.418. The molecule has 1 heterocycles. The molecule has 0 radical (unpaired) electrons. The quantitative estimate of drug-likeness (QED) is 0.731. The monoisotopic (exact) mass is 404 g/mol. The van der Waals surface area contributed by atoms with E-state index in [0.717, 1.165) is 11.1 Å². The van der Waals surface area contributed by atoms with Gasteiger partial charge in [0.1, 0.15) is 12.4 Å². The highest BCUT2D eigenvalue weighted by Gasteiger charge is 2.27. The van der Waals surface area contributed by atoms with Crippen LogP contribution in [-0.2, 0) is 13.1 Å². The Kier molecular flexibility index (Phi) is 6.16. The van der Waals surface area contributed by atoms with Crippen molar-refractivity contribution >= 4 is 23.6 Å². The van der Waals surface area contributed by atoms with Gasteiger partial charge in [-0.25, -0.2) is 9.18 Å². The van der Waals surface area contributed by atoms with E-state index in [4.69, 9.17) is 21.4 Å². The van der Waals surface area contributed by atoms with Gasteiger partial charge < -0.3 is 20.1 Å². The Morgan fingerprint density at radius 3 is 2.71 bits per heavy atom. The van der Waals surface area contributed by atoms with Crippen LogP contribution in [0, 0.1) is 0 Å². The second-order valence-corrected chi connectivity index (χ2v) is 6.76. The molecule has 146 valence electrons. The molecular weight excluding hydrogens is 387 g/mol. The largest absolute Gasteiger partial charge is 0.489 e. The fraction of sp³-hybridized carbons (Fsp3) is 0.200. The van der Waals surface area contributed by atoms with Crippen molar-refractivity contribution in [1.29, 1.82) is 0 Å². The highest BCUT2D eigenvalue weighted by atomic mass is 35.5. The summed E-state index contributed by atoms with van der Waals surface area (Å²) < 4.78 is 18.4. The molecule has 0 fully saturated rings. The summed E-state index contributed by atoms with van der Waals surface area (Å²) in [5.41, 5.74) is 2.56. The van der Waals surface area contributed by atoms with Crippen molar-refractivity contribution < 1.29 is 23.8 Å². The number of rotatable bonds is 7. The first-order valence-electron chi connectivity index (χ1n) is 8.50. The van der Waals surface area contributed by atoms with Crippen LogP contribution in [0.4, 0.5) is 9.18 Å². The third kappa shape index (κ3) is 4.80. The summed E-state index contributed by atoms with van der Waals surface area (Å²) in [4.78, 5) is 24.8. The van der Waals surface area contributed by atoms with Gasteiger partial charge in [-0.1, -0.05) is 23.7 Å². The number of ether oxygens (including phenoxy) is 1. The van der Waals surface area contributed by atoms with E-state index in [1.165, 1.54) is 0 Å². The molecule has 0 unspecified atom stereocenters. The molecule has 3 rings (SSSR count). The lowest BCUT2D eigenvalue weighted by molar-refractivity contribution is 0.0766. The first-order valence-corrected chi connectivity index (χ1v) is 8.88. The van der Waals surface area contributed by atoms with Gasteiger partial charge in [0.15, 0.2) is 0 Å².